The van der Waals surface area contributed by atoms with E-state index in [1.807, 2.05) is 23.9 Å². The Kier molecular flexibility index (Phi) is 5.04. The number of pyridine rings is 1. The molecule has 0 radical (unpaired) electrons. The lowest BCUT2D eigenvalue weighted by Gasteiger charge is -2.32. The third-order valence-electron chi connectivity index (χ3n) is 4.03. The topological polar surface area (TPSA) is 48.5 Å². The van der Waals surface area contributed by atoms with Gasteiger partial charge in [0, 0.05) is 40.2 Å². The highest BCUT2D eigenvalue weighted by atomic mass is 16.2. The van der Waals surface area contributed by atoms with E-state index in [4.69, 9.17) is 0 Å². The van der Waals surface area contributed by atoms with Gasteiger partial charge in [-0.3, -0.25) is 4.79 Å². The van der Waals surface area contributed by atoms with Crippen molar-refractivity contribution in [1.82, 2.24) is 9.88 Å². The monoisotopic (exact) mass is 290 g/mol. The van der Waals surface area contributed by atoms with E-state index in [0.29, 0.717) is 6.04 Å². The number of nitrogens with one attached hydrogen (secondary N) is 1. The molecule has 0 atom stereocenters. The molecule has 5 nitrogen and oxygen atoms in total. The fourth-order valence-corrected chi connectivity index (χ4v) is 2.63. The minimum Gasteiger partial charge on any atom is -0.367 e. The maximum Gasteiger partial charge on any atom is 0.219 e. The standard InChI is InChI=1S/C16H26N4O/c1-5-13-10-15(18-16(11-13)19(3)4)17-14-6-8-20(9-7-14)12(2)21/h10-11,14H,5-9H2,1-4H3,(H,17,18). The van der Waals surface area contributed by atoms with Crippen molar-refractivity contribution in [3.63, 3.8) is 0 Å². The lowest BCUT2D eigenvalue weighted by molar-refractivity contribution is -0.129. The van der Waals surface area contributed by atoms with Crippen LogP contribution in [0.3, 0.4) is 0 Å². The summed E-state index contributed by atoms with van der Waals surface area (Å²) in [6.07, 6.45) is 2.96. The Balaban J connectivity index is 2.03. The number of amides is 1. The molecule has 116 valence electrons. The molecule has 1 amide bonds. The van der Waals surface area contributed by atoms with Gasteiger partial charge in [-0.05, 0) is 37.0 Å². The molecular formula is C16H26N4O. The third-order valence-corrected chi connectivity index (χ3v) is 4.03. The molecule has 0 unspecified atom stereocenters. The van der Waals surface area contributed by atoms with Gasteiger partial charge in [-0.1, -0.05) is 6.92 Å². The Hall–Kier alpha value is -1.78. The van der Waals surface area contributed by atoms with Crippen LogP contribution in [0.4, 0.5) is 11.6 Å². The third kappa shape index (κ3) is 4.09. The molecule has 5 heteroatoms. The molecule has 1 fully saturated rings. The molecule has 0 aromatic carbocycles. The van der Waals surface area contributed by atoms with Crippen LogP contribution < -0.4 is 10.2 Å². The molecule has 0 saturated carbocycles. The summed E-state index contributed by atoms with van der Waals surface area (Å²) in [4.78, 5) is 20.0. The summed E-state index contributed by atoms with van der Waals surface area (Å²) in [5, 5.41) is 3.53. The van der Waals surface area contributed by atoms with Gasteiger partial charge in [-0.25, -0.2) is 4.98 Å². The van der Waals surface area contributed by atoms with Crippen LogP contribution in [0.25, 0.3) is 0 Å². The number of aryl methyl sites for hydroxylation is 1. The molecule has 0 aliphatic carbocycles. The number of anilines is 2. The molecule has 1 saturated heterocycles. The van der Waals surface area contributed by atoms with Gasteiger partial charge in [0.1, 0.15) is 11.6 Å². The summed E-state index contributed by atoms with van der Waals surface area (Å²) in [6, 6.07) is 4.66. The van der Waals surface area contributed by atoms with E-state index in [1.54, 1.807) is 6.92 Å². The molecule has 2 heterocycles. The van der Waals surface area contributed by atoms with Gasteiger partial charge in [-0.15, -0.1) is 0 Å². The van der Waals surface area contributed by atoms with Crippen LogP contribution >= 0.6 is 0 Å². The van der Waals surface area contributed by atoms with Gasteiger partial charge >= 0.3 is 0 Å². The highest BCUT2D eigenvalue weighted by Crippen LogP contribution is 2.20. The van der Waals surface area contributed by atoms with Crippen molar-refractivity contribution in [2.45, 2.75) is 39.2 Å². The molecular weight excluding hydrogens is 264 g/mol. The van der Waals surface area contributed by atoms with E-state index in [0.717, 1.165) is 44.0 Å². The minimum absolute atomic E-state index is 0.175. The fraction of sp³-hybridized carbons (Fsp3) is 0.625. The quantitative estimate of drug-likeness (QED) is 0.923. The Morgan fingerprint density at radius 3 is 2.57 bits per heavy atom. The summed E-state index contributed by atoms with van der Waals surface area (Å²) in [5.41, 5.74) is 1.29. The van der Waals surface area contributed by atoms with Crippen LogP contribution in [0.1, 0.15) is 32.3 Å². The van der Waals surface area contributed by atoms with Crippen molar-refractivity contribution in [1.29, 1.82) is 0 Å². The van der Waals surface area contributed by atoms with Crippen molar-refractivity contribution >= 4 is 17.5 Å². The van der Waals surface area contributed by atoms with Gasteiger partial charge in [0.25, 0.3) is 0 Å². The first kappa shape index (κ1) is 15.6. The van der Waals surface area contributed by atoms with E-state index < -0.39 is 0 Å². The average Bonchev–Trinajstić information content (AvgIpc) is 2.47. The molecule has 1 aliphatic rings. The molecule has 2 rings (SSSR count). The van der Waals surface area contributed by atoms with Gasteiger partial charge in [0.15, 0.2) is 0 Å². The number of carbonyl (C=O) groups is 1. The second-order valence-electron chi connectivity index (χ2n) is 5.89. The van der Waals surface area contributed by atoms with Crippen molar-refractivity contribution in [2.75, 3.05) is 37.4 Å². The predicted molar refractivity (Wildman–Crippen MR) is 86.8 cm³/mol. The summed E-state index contributed by atoms with van der Waals surface area (Å²) in [6.45, 7) is 5.47. The highest BCUT2D eigenvalue weighted by Gasteiger charge is 2.21. The molecule has 1 aromatic heterocycles. The largest absolute Gasteiger partial charge is 0.367 e. The SMILES string of the molecule is CCc1cc(NC2CCN(C(C)=O)CC2)nc(N(C)C)c1. The average molecular weight is 290 g/mol. The van der Waals surface area contributed by atoms with E-state index in [1.165, 1.54) is 5.56 Å². The van der Waals surface area contributed by atoms with Crippen LogP contribution in [-0.2, 0) is 11.2 Å². The number of piperidine rings is 1. The summed E-state index contributed by atoms with van der Waals surface area (Å²) in [5.74, 6) is 2.10. The smallest absolute Gasteiger partial charge is 0.219 e. The highest BCUT2D eigenvalue weighted by molar-refractivity contribution is 5.73. The zero-order valence-corrected chi connectivity index (χ0v) is 13.5. The van der Waals surface area contributed by atoms with E-state index in [9.17, 15) is 4.79 Å². The van der Waals surface area contributed by atoms with Crippen LogP contribution in [-0.4, -0.2) is 49.0 Å². The van der Waals surface area contributed by atoms with E-state index in [2.05, 4.69) is 29.4 Å². The molecule has 1 aromatic rings. The number of rotatable bonds is 4. The number of hydrogen-bond acceptors (Lipinski definition) is 4. The normalized spacial score (nSPS) is 15.9. The zero-order chi connectivity index (χ0) is 15.4. The second-order valence-corrected chi connectivity index (χ2v) is 5.89. The van der Waals surface area contributed by atoms with Gasteiger partial charge in [0.05, 0.1) is 0 Å². The summed E-state index contributed by atoms with van der Waals surface area (Å²) >= 11 is 0. The lowest BCUT2D eigenvalue weighted by atomic mass is 10.0. The van der Waals surface area contributed by atoms with Gasteiger partial charge in [0.2, 0.25) is 5.91 Å². The van der Waals surface area contributed by atoms with Crippen molar-refractivity contribution < 1.29 is 4.79 Å². The lowest BCUT2D eigenvalue weighted by Crippen LogP contribution is -2.41. The Bertz CT molecular complexity index is 493. The van der Waals surface area contributed by atoms with E-state index in [-0.39, 0.29) is 5.91 Å². The van der Waals surface area contributed by atoms with E-state index >= 15 is 0 Å². The first-order valence-electron chi connectivity index (χ1n) is 7.70. The van der Waals surface area contributed by atoms with Crippen LogP contribution in [0, 0.1) is 0 Å². The van der Waals surface area contributed by atoms with Gasteiger partial charge in [-0.2, -0.15) is 0 Å². The molecule has 0 bridgehead atoms. The van der Waals surface area contributed by atoms with Crippen LogP contribution in [0.2, 0.25) is 0 Å². The summed E-state index contributed by atoms with van der Waals surface area (Å²) < 4.78 is 0. The fourth-order valence-electron chi connectivity index (χ4n) is 2.63. The first-order valence-corrected chi connectivity index (χ1v) is 7.70. The number of hydrogen-bond donors (Lipinski definition) is 1. The molecule has 0 spiro atoms. The van der Waals surface area contributed by atoms with Gasteiger partial charge < -0.3 is 15.1 Å². The minimum atomic E-state index is 0.175. The van der Waals surface area contributed by atoms with Crippen LogP contribution in [0.15, 0.2) is 12.1 Å². The maximum absolute atomic E-state index is 11.4. The Morgan fingerprint density at radius 2 is 2.05 bits per heavy atom. The van der Waals surface area contributed by atoms with Crippen molar-refractivity contribution in [3.8, 4) is 0 Å². The molecule has 1 N–H and O–H groups in total. The molecule has 1 aliphatic heterocycles. The number of aromatic nitrogens is 1. The van der Waals surface area contributed by atoms with Crippen molar-refractivity contribution in [2.24, 2.45) is 0 Å². The van der Waals surface area contributed by atoms with Crippen LogP contribution in [0.5, 0.6) is 0 Å². The second kappa shape index (κ2) is 6.78. The summed E-state index contributed by atoms with van der Waals surface area (Å²) in [7, 11) is 4.02. The zero-order valence-electron chi connectivity index (χ0n) is 13.5. The Labute approximate surface area is 127 Å². The predicted octanol–water partition coefficient (Wildman–Crippen LogP) is 2.13. The molecule has 21 heavy (non-hydrogen) atoms. The number of likely N-dealkylation sites (tertiary alicyclic amines) is 1. The first-order chi connectivity index (χ1) is 9.99. The number of nitrogens with zero attached hydrogens (tertiary/aromatic N) is 3. The van der Waals surface area contributed by atoms with Crippen molar-refractivity contribution in [3.05, 3.63) is 17.7 Å². The Morgan fingerprint density at radius 1 is 1.38 bits per heavy atom. The number of carbonyl (C=O) groups excluding carboxylic acids is 1. The maximum atomic E-state index is 11.4.